The number of fused-ring (bicyclic) bond motifs is 1. The molecule has 5 rings (SSSR count). The molecule has 5 aromatic rings. The van der Waals surface area contributed by atoms with Crippen LogP contribution in [0.5, 0.6) is 0 Å². The zero-order valence-electron chi connectivity index (χ0n) is 19.9. The molecule has 0 unspecified atom stereocenters. The Morgan fingerprint density at radius 2 is 1.59 bits per heavy atom. The van der Waals surface area contributed by atoms with Crippen molar-refractivity contribution in [1.82, 2.24) is 9.97 Å². The number of amides is 1. The van der Waals surface area contributed by atoms with Gasteiger partial charge in [0, 0.05) is 68.1 Å². The lowest BCUT2D eigenvalue weighted by Gasteiger charge is -2.12. The van der Waals surface area contributed by atoms with Gasteiger partial charge in [0.15, 0.2) is 0 Å². The number of nitrogens with zero attached hydrogens (tertiary/aromatic N) is 5. The van der Waals surface area contributed by atoms with Gasteiger partial charge in [-0.05, 0) is 85.3 Å². The highest BCUT2D eigenvalue weighted by molar-refractivity contribution is 6.05. The third kappa shape index (κ3) is 5.64. The molecule has 0 bridgehead atoms. The number of pyridine rings is 2. The van der Waals surface area contributed by atoms with Gasteiger partial charge in [-0.3, -0.25) is 14.8 Å². The van der Waals surface area contributed by atoms with Gasteiger partial charge in [-0.1, -0.05) is 17.2 Å². The molecule has 180 valence electrons. The molecule has 0 saturated heterocycles. The Balaban J connectivity index is 1.30. The Labute approximate surface area is 212 Å². The van der Waals surface area contributed by atoms with Crippen molar-refractivity contribution >= 4 is 50.9 Å². The highest BCUT2D eigenvalue weighted by atomic mass is 16.1. The molecule has 0 aliphatic heterocycles. The van der Waals surface area contributed by atoms with Crippen molar-refractivity contribution in [3.05, 3.63) is 119 Å². The topological polar surface area (TPSA) is 128 Å². The maximum absolute atomic E-state index is 12.9. The zero-order valence-corrected chi connectivity index (χ0v) is 19.9. The number of carbonyl (C=O) groups excluding carboxylic acids is 1. The SMILES string of the molecule is Cc1cc(Nc2ccc(NC(=O)c3cccc(Nc4ccnc5ccc(N=[N+]=[N-])cc45)c3)cc2)ccn1. The van der Waals surface area contributed by atoms with E-state index in [1.54, 1.807) is 42.7 Å². The van der Waals surface area contributed by atoms with E-state index in [2.05, 4.69) is 35.9 Å². The fourth-order valence-corrected chi connectivity index (χ4v) is 3.88. The van der Waals surface area contributed by atoms with E-state index in [0.717, 1.165) is 39.3 Å². The van der Waals surface area contributed by atoms with Gasteiger partial charge in [0.1, 0.15) is 0 Å². The van der Waals surface area contributed by atoms with E-state index in [4.69, 9.17) is 5.53 Å². The van der Waals surface area contributed by atoms with E-state index in [0.29, 0.717) is 16.9 Å². The molecule has 0 saturated carbocycles. The summed E-state index contributed by atoms with van der Waals surface area (Å²) < 4.78 is 0. The summed E-state index contributed by atoms with van der Waals surface area (Å²) in [7, 11) is 0. The number of rotatable bonds is 7. The number of aryl methyl sites for hydroxylation is 1. The number of hydrogen-bond acceptors (Lipinski definition) is 6. The summed E-state index contributed by atoms with van der Waals surface area (Å²) in [5.74, 6) is -0.223. The molecule has 0 aliphatic carbocycles. The van der Waals surface area contributed by atoms with Crippen LogP contribution in [0.4, 0.5) is 34.1 Å². The van der Waals surface area contributed by atoms with Crippen molar-refractivity contribution in [2.24, 2.45) is 5.11 Å². The van der Waals surface area contributed by atoms with E-state index in [1.165, 1.54) is 0 Å². The first-order chi connectivity index (χ1) is 18.1. The molecule has 3 N–H and O–H groups in total. The zero-order chi connectivity index (χ0) is 25.6. The maximum Gasteiger partial charge on any atom is 0.255 e. The molecule has 0 spiro atoms. The van der Waals surface area contributed by atoms with Gasteiger partial charge in [-0.15, -0.1) is 0 Å². The summed E-state index contributed by atoms with van der Waals surface area (Å²) in [6, 6.07) is 25.7. The Morgan fingerprint density at radius 1 is 0.811 bits per heavy atom. The number of anilines is 5. The van der Waals surface area contributed by atoms with Crippen molar-refractivity contribution in [2.75, 3.05) is 16.0 Å². The Kier molecular flexibility index (Phi) is 6.61. The van der Waals surface area contributed by atoms with E-state index < -0.39 is 0 Å². The average Bonchev–Trinajstić information content (AvgIpc) is 2.90. The summed E-state index contributed by atoms with van der Waals surface area (Å²) in [6.45, 7) is 1.94. The van der Waals surface area contributed by atoms with Gasteiger partial charge in [-0.25, -0.2) is 0 Å². The van der Waals surface area contributed by atoms with Crippen LogP contribution >= 0.6 is 0 Å². The third-order valence-electron chi connectivity index (χ3n) is 5.62. The van der Waals surface area contributed by atoms with Crippen molar-refractivity contribution in [2.45, 2.75) is 6.92 Å². The lowest BCUT2D eigenvalue weighted by molar-refractivity contribution is 0.102. The molecule has 0 aliphatic rings. The standard InChI is InChI=1S/C28H22N8O/c1-18-15-23(11-13-30-18)32-20-5-7-21(8-6-20)34-28(37)19-3-2-4-22(16-19)33-27-12-14-31-26-10-9-24(35-36-29)17-25(26)27/h2-17H,1H3,(H,30,32)(H,31,33)(H,34,37). The summed E-state index contributed by atoms with van der Waals surface area (Å²) in [5, 5.41) is 14.1. The predicted molar refractivity (Wildman–Crippen MR) is 147 cm³/mol. The van der Waals surface area contributed by atoms with Crippen LogP contribution in [0, 0.1) is 6.92 Å². The largest absolute Gasteiger partial charge is 0.355 e. The summed E-state index contributed by atoms with van der Waals surface area (Å²) in [5.41, 5.74) is 15.5. The second-order valence-electron chi connectivity index (χ2n) is 8.30. The van der Waals surface area contributed by atoms with Gasteiger partial charge in [-0.2, -0.15) is 0 Å². The summed E-state index contributed by atoms with van der Waals surface area (Å²) in [6.07, 6.45) is 3.45. The smallest absolute Gasteiger partial charge is 0.255 e. The maximum atomic E-state index is 12.9. The molecule has 2 heterocycles. The quantitative estimate of drug-likeness (QED) is 0.124. The molecule has 0 fully saturated rings. The number of nitrogens with one attached hydrogen (secondary N) is 3. The minimum Gasteiger partial charge on any atom is -0.355 e. The molecule has 37 heavy (non-hydrogen) atoms. The predicted octanol–water partition coefficient (Wildman–Crippen LogP) is 7.62. The Morgan fingerprint density at radius 3 is 2.41 bits per heavy atom. The fraction of sp³-hybridized carbons (Fsp3) is 0.0357. The number of hydrogen-bond donors (Lipinski definition) is 3. The van der Waals surface area contributed by atoms with Crippen LogP contribution in [0.2, 0.25) is 0 Å². The van der Waals surface area contributed by atoms with Crippen LogP contribution in [-0.2, 0) is 0 Å². The van der Waals surface area contributed by atoms with E-state index in [-0.39, 0.29) is 5.91 Å². The van der Waals surface area contributed by atoms with Crippen molar-refractivity contribution in [1.29, 1.82) is 0 Å². The molecule has 1 amide bonds. The van der Waals surface area contributed by atoms with Crippen LogP contribution in [0.1, 0.15) is 16.1 Å². The van der Waals surface area contributed by atoms with E-state index in [9.17, 15) is 4.79 Å². The van der Waals surface area contributed by atoms with Crippen LogP contribution in [0.15, 0.2) is 102 Å². The summed E-state index contributed by atoms with van der Waals surface area (Å²) >= 11 is 0. The van der Waals surface area contributed by atoms with Crippen LogP contribution in [0.25, 0.3) is 21.3 Å². The van der Waals surface area contributed by atoms with Crippen molar-refractivity contribution in [3.8, 4) is 0 Å². The van der Waals surface area contributed by atoms with Crippen LogP contribution < -0.4 is 16.0 Å². The lowest BCUT2D eigenvalue weighted by Crippen LogP contribution is -2.12. The minimum absolute atomic E-state index is 0.223. The van der Waals surface area contributed by atoms with Gasteiger partial charge < -0.3 is 16.0 Å². The first-order valence-corrected chi connectivity index (χ1v) is 11.5. The van der Waals surface area contributed by atoms with Gasteiger partial charge >= 0.3 is 0 Å². The Hall–Kier alpha value is -5.40. The molecule has 9 heteroatoms. The number of carbonyl (C=O) groups is 1. The average molecular weight is 487 g/mol. The molecule has 2 aromatic heterocycles. The molecular weight excluding hydrogens is 464 g/mol. The first kappa shape index (κ1) is 23.3. The summed E-state index contributed by atoms with van der Waals surface area (Å²) in [4.78, 5) is 24.4. The second kappa shape index (κ2) is 10.5. The minimum atomic E-state index is -0.223. The van der Waals surface area contributed by atoms with Crippen LogP contribution in [0.3, 0.4) is 0 Å². The number of aromatic nitrogens is 2. The number of azide groups is 1. The lowest BCUT2D eigenvalue weighted by atomic mass is 10.1. The molecule has 0 atom stereocenters. The normalized spacial score (nSPS) is 10.4. The molecular formula is C28H22N8O. The fourth-order valence-electron chi connectivity index (χ4n) is 3.88. The van der Waals surface area contributed by atoms with Crippen molar-refractivity contribution in [3.63, 3.8) is 0 Å². The van der Waals surface area contributed by atoms with Gasteiger partial charge in [0.25, 0.3) is 5.91 Å². The van der Waals surface area contributed by atoms with E-state index in [1.807, 2.05) is 61.5 Å². The second-order valence-corrected chi connectivity index (χ2v) is 8.30. The molecule has 0 radical (unpaired) electrons. The van der Waals surface area contributed by atoms with Crippen molar-refractivity contribution < 1.29 is 4.79 Å². The van der Waals surface area contributed by atoms with Crippen LogP contribution in [-0.4, -0.2) is 15.9 Å². The first-order valence-electron chi connectivity index (χ1n) is 11.5. The van der Waals surface area contributed by atoms with E-state index >= 15 is 0 Å². The number of benzene rings is 3. The van der Waals surface area contributed by atoms with Gasteiger partial charge in [0.2, 0.25) is 0 Å². The highest BCUT2D eigenvalue weighted by Gasteiger charge is 2.09. The Bertz CT molecular complexity index is 1640. The monoisotopic (exact) mass is 486 g/mol. The molecule has 3 aromatic carbocycles. The highest BCUT2D eigenvalue weighted by Crippen LogP contribution is 2.29. The third-order valence-corrected chi connectivity index (χ3v) is 5.62. The molecule has 9 nitrogen and oxygen atoms in total. The van der Waals surface area contributed by atoms with Gasteiger partial charge in [0.05, 0.1) is 5.52 Å².